The highest BCUT2D eigenvalue weighted by Gasteiger charge is 2.12. The lowest BCUT2D eigenvalue weighted by molar-refractivity contribution is -0.112. The van der Waals surface area contributed by atoms with Gasteiger partial charge in [0, 0.05) is 35.7 Å². The van der Waals surface area contributed by atoms with E-state index in [4.69, 9.17) is 23.2 Å². The van der Waals surface area contributed by atoms with E-state index in [1.807, 2.05) is 25.1 Å². The van der Waals surface area contributed by atoms with Crippen molar-refractivity contribution in [2.24, 2.45) is 0 Å². The number of carbonyl (C=O) groups excluding carboxylic acids is 1. The summed E-state index contributed by atoms with van der Waals surface area (Å²) in [6, 6.07) is 12.6. The summed E-state index contributed by atoms with van der Waals surface area (Å²) < 4.78 is 0. The zero-order valence-corrected chi connectivity index (χ0v) is 17.5. The number of carbonyl (C=O) groups is 1. The van der Waals surface area contributed by atoms with Crippen LogP contribution in [0.5, 0.6) is 0 Å². The quantitative estimate of drug-likeness (QED) is 0.454. The fourth-order valence-corrected chi connectivity index (χ4v) is 3.13. The van der Waals surface area contributed by atoms with E-state index in [2.05, 4.69) is 35.4 Å². The van der Waals surface area contributed by atoms with Crippen molar-refractivity contribution in [3.63, 3.8) is 0 Å². The summed E-state index contributed by atoms with van der Waals surface area (Å²) >= 11 is 11.9. The zero-order chi connectivity index (χ0) is 20.7. The highest BCUT2D eigenvalue weighted by atomic mass is 35.5. The molecule has 5 nitrogen and oxygen atoms in total. The first kappa shape index (κ1) is 21.6. The summed E-state index contributed by atoms with van der Waals surface area (Å²) in [4.78, 5) is 14.6. The lowest BCUT2D eigenvalue weighted by Gasteiger charge is -2.22. The molecule has 0 fully saturated rings. The Kier molecular flexibility index (Phi) is 7.74. The predicted molar refractivity (Wildman–Crippen MR) is 117 cm³/mol. The molecule has 0 atom stereocenters. The van der Waals surface area contributed by atoms with Crippen LogP contribution in [0.15, 0.2) is 48.2 Å². The molecule has 1 amide bonds. The molecule has 0 aliphatic rings. The van der Waals surface area contributed by atoms with Crippen LogP contribution in [-0.4, -0.2) is 19.0 Å². The fourth-order valence-electron chi connectivity index (χ4n) is 2.67. The molecule has 146 valence electrons. The number of nitrogens with one attached hydrogen (secondary N) is 2. The van der Waals surface area contributed by atoms with Crippen molar-refractivity contribution in [3.05, 3.63) is 63.8 Å². The number of benzene rings is 2. The molecule has 0 unspecified atom stereocenters. The van der Waals surface area contributed by atoms with E-state index in [0.29, 0.717) is 15.7 Å². The van der Waals surface area contributed by atoms with Crippen molar-refractivity contribution in [3.8, 4) is 6.07 Å². The Bertz CT molecular complexity index is 930. The van der Waals surface area contributed by atoms with E-state index in [0.717, 1.165) is 30.0 Å². The van der Waals surface area contributed by atoms with Crippen LogP contribution in [0.2, 0.25) is 10.0 Å². The van der Waals surface area contributed by atoms with Gasteiger partial charge in [-0.2, -0.15) is 5.26 Å². The number of nitrogens with zero attached hydrogens (tertiary/aromatic N) is 2. The Morgan fingerprint density at radius 2 is 1.82 bits per heavy atom. The van der Waals surface area contributed by atoms with Gasteiger partial charge in [-0.3, -0.25) is 4.79 Å². The molecule has 0 saturated carbocycles. The second-order valence-electron chi connectivity index (χ2n) is 6.06. The number of rotatable bonds is 7. The van der Waals surface area contributed by atoms with Gasteiger partial charge in [0.15, 0.2) is 0 Å². The van der Waals surface area contributed by atoms with Crippen LogP contribution in [0.3, 0.4) is 0 Å². The van der Waals surface area contributed by atoms with Crippen molar-refractivity contribution in [2.45, 2.75) is 20.8 Å². The smallest absolute Gasteiger partial charge is 0.267 e. The van der Waals surface area contributed by atoms with Gasteiger partial charge in [0.2, 0.25) is 0 Å². The lowest BCUT2D eigenvalue weighted by atomic mass is 10.1. The number of hydrogen-bond donors (Lipinski definition) is 2. The predicted octanol–water partition coefficient (Wildman–Crippen LogP) is 5.61. The van der Waals surface area contributed by atoms with Crippen LogP contribution in [0.25, 0.3) is 0 Å². The molecule has 7 heteroatoms. The molecule has 0 bridgehead atoms. The number of anilines is 3. The number of hydrogen-bond acceptors (Lipinski definition) is 4. The molecule has 0 aromatic heterocycles. The summed E-state index contributed by atoms with van der Waals surface area (Å²) in [5.74, 6) is -0.559. The molecular weight excluding hydrogens is 395 g/mol. The van der Waals surface area contributed by atoms with Gasteiger partial charge in [-0.25, -0.2) is 0 Å². The third kappa shape index (κ3) is 5.41. The SMILES string of the molecule is CCN(CC)c1ccc(N/C=C(/C#N)C(=O)Nc2ccc(Cl)cc2Cl)c(C)c1. The molecule has 0 heterocycles. The van der Waals surface area contributed by atoms with Crippen LogP contribution in [-0.2, 0) is 4.79 Å². The minimum absolute atomic E-state index is 0.0711. The van der Waals surface area contributed by atoms with E-state index in [1.165, 1.54) is 12.3 Å². The molecule has 0 saturated heterocycles. The van der Waals surface area contributed by atoms with E-state index >= 15 is 0 Å². The fraction of sp³-hybridized carbons (Fsp3) is 0.238. The molecule has 2 aromatic rings. The Labute approximate surface area is 175 Å². The molecule has 28 heavy (non-hydrogen) atoms. The first-order valence-electron chi connectivity index (χ1n) is 8.88. The third-order valence-electron chi connectivity index (χ3n) is 4.25. The van der Waals surface area contributed by atoms with Crippen molar-refractivity contribution in [2.75, 3.05) is 28.6 Å². The van der Waals surface area contributed by atoms with Crippen molar-refractivity contribution in [1.29, 1.82) is 5.26 Å². The van der Waals surface area contributed by atoms with Crippen molar-refractivity contribution in [1.82, 2.24) is 0 Å². The van der Waals surface area contributed by atoms with Crippen molar-refractivity contribution >= 4 is 46.2 Å². The second-order valence-corrected chi connectivity index (χ2v) is 6.91. The summed E-state index contributed by atoms with van der Waals surface area (Å²) in [5, 5.41) is 15.7. The van der Waals surface area contributed by atoms with Gasteiger partial charge < -0.3 is 15.5 Å². The number of amides is 1. The topological polar surface area (TPSA) is 68.2 Å². The third-order valence-corrected chi connectivity index (χ3v) is 4.80. The minimum atomic E-state index is -0.559. The average molecular weight is 417 g/mol. The van der Waals surface area contributed by atoms with Gasteiger partial charge >= 0.3 is 0 Å². The van der Waals surface area contributed by atoms with E-state index in [1.54, 1.807) is 12.1 Å². The molecule has 2 N–H and O–H groups in total. The summed E-state index contributed by atoms with van der Waals surface area (Å²) in [6.45, 7) is 8.04. The van der Waals surface area contributed by atoms with E-state index in [-0.39, 0.29) is 5.57 Å². The van der Waals surface area contributed by atoms with Gasteiger partial charge in [-0.15, -0.1) is 0 Å². The maximum Gasteiger partial charge on any atom is 0.267 e. The minimum Gasteiger partial charge on any atom is -0.372 e. The van der Waals surface area contributed by atoms with Crippen LogP contribution < -0.4 is 15.5 Å². The summed E-state index contributed by atoms with van der Waals surface area (Å²) in [7, 11) is 0. The summed E-state index contributed by atoms with van der Waals surface area (Å²) in [6.07, 6.45) is 1.39. The molecule has 0 aliphatic carbocycles. The Morgan fingerprint density at radius 1 is 1.14 bits per heavy atom. The Balaban J connectivity index is 2.14. The van der Waals surface area contributed by atoms with Gasteiger partial charge in [0.25, 0.3) is 5.91 Å². The van der Waals surface area contributed by atoms with Gasteiger partial charge in [-0.05, 0) is 62.7 Å². The van der Waals surface area contributed by atoms with E-state index in [9.17, 15) is 10.1 Å². The van der Waals surface area contributed by atoms with Gasteiger partial charge in [0.1, 0.15) is 11.6 Å². The first-order chi connectivity index (χ1) is 13.4. The monoisotopic (exact) mass is 416 g/mol. The zero-order valence-electron chi connectivity index (χ0n) is 16.0. The highest BCUT2D eigenvalue weighted by Crippen LogP contribution is 2.26. The van der Waals surface area contributed by atoms with Crippen LogP contribution in [0.4, 0.5) is 17.1 Å². The molecule has 2 rings (SSSR count). The normalized spacial score (nSPS) is 10.9. The summed E-state index contributed by atoms with van der Waals surface area (Å²) in [5.41, 5.74) is 3.28. The van der Waals surface area contributed by atoms with Gasteiger partial charge in [-0.1, -0.05) is 23.2 Å². The lowest BCUT2D eigenvalue weighted by Crippen LogP contribution is -2.21. The molecular formula is C21H22Cl2N4O. The number of nitriles is 1. The van der Waals surface area contributed by atoms with Crippen LogP contribution >= 0.6 is 23.2 Å². The number of aryl methyl sites for hydroxylation is 1. The van der Waals surface area contributed by atoms with E-state index < -0.39 is 5.91 Å². The average Bonchev–Trinajstić information content (AvgIpc) is 2.67. The largest absolute Gasteiger partial charge is 0.372 e. The Morgan fingerprint density at radius 3 is 2.39 bits per heavy atom. The Hall–Kier alpha value is -2.68. The molecule has 2 aromatic carbocycles. The maximum absolute atomic E-state index is 12.4. The first-order valence-corrected chi connectivity index (χ1v) is 9.64. The standard InChI is InChI=1S/C21H22Cl2N4O/c1-4-27(5-2)17-7-9-19(14(3)10-17)25-13-15(12-24)21(28)26-20-8-6-16(22)11-18(20)23/h6-11,13,25H,4-5H2,1-3H3,(H,26,28)/b15-13-. The van der Waals surface area contributed by atoms with Crippen LogP contribution in [0, 0.1) is 18.3 Å². The maximum atomic E-state index is 12.4. The highest BCUT2D eigenvalue weighted by molar-refractivity contribution is 6.36. The second kappa shape index (κ2) is 10.0. The number of halogens is 2. The van der Waals surface area contributed by atoms with Crippen LogP contribution in [0.1, 0.15) is 19.4 Å². The van der Waals surface area contributed by atoms with Gasteiger partial charge in [0.05, 0.1) is 10.7 Å². The molecule has 0 aliphatic heterocycles. The molecule has 0 spiro atoms. The van der Waals surface area contributed by atoms with Crippen molar-refractivity contribution < 1.29 is 4.79 Å². The molecule has 0 radical (unpaired) electrons.